The summed E-state index contributed by atoms with van der Waals surface area (Å²) in [5.74, 6) is -0.868. The predicted octanol–water partition coefficient (Wildman–Crippen LogP) is 27.2. The monoisotopic (exact) mass is 1390 g/mol. The van der Waals surface area contributed by atoms with Crippen molar-refractivity contribution in [3.63, 3.8) is 0 Å². The van der Waals surface area contributed by atoms with Gasteiger partial charge < -0.3 is 20.1 Å². The number of hydrogen-bond donors (Lipinski definition) is 2. The standard InChI is InChI=1S/C89H146NO8P/c1-3-5-7-9-11-13-15-17-19-21-23-25-27-29-31-33-35-37-39-41-42-43-44-46-47-49-51-53-55-57-59-61-63-65-67-69-71-73-75-77-79-81-88(91)95-85-87(86-97-99(93,94)96-84-83-90)98-89(92)82-80-78-76-74-72-70-68-66-64-62-60-58-56-54-52-50-48-45-40-38-36-34-32-30-28-26-24-22-20-18-16-14-12-10-8-6-4-2/h5-8,11-14,17-20,23-26,29-32,36,38,45,48,52,54,58,60,64,66,70,72,87H,3-4,9-10,15-16,21-22,27-28,33-35,37,39-44,46-47,49-51,53,55-57,59,61-63,65,67-69,71,73-86,90H2,1-2H3,(H,93,94)/b7-5-,8-6-,13-11-,14-12-,19-17-,20-18-,25-23-,26-24-,31-29-,32-30-,38-36-,48-45-,54-52-,60-58-,66-64-,72-70-. The molecule has 0 aliphatic heterocycles. The molecule has 0 aromatic carbocycles. The van der Waals surface area contributed by atoms with E-state index in [1.54, 1.807) is 0 Å². The number of nitrogens with two attached hydrogens (primary N) is 1. The number of allylic oxidation sites excluding steroid dienone is 32. The number of rotatable bonds is 73. The Balaban J connectivity index is 3.91. The van der Waals surface area contributed by atoms with E-state index in [4.69, 9.17) is 24.3 Å². The van der Waals surface area contributed by atoms with Crippen LogP contribution in [-0.4, -0.2) is 49.3 Å². The van der Waals surface area contributed by atoms with Crippen molar-refractivity contribution in [1.29, 1.82) is 0 Å². The van der Waals surface area contributed by atoms with E-state index in [-0.39, 0.29) is 32.6 Å². The minimum absolute atomic E-state index is 0.0398. The van der Waals surface area contributed by atoms with Crippen molar-refractivity contribution in [3.05, 3.63) is 194 Å². The van der Waals surface area contributed by atoms with Crippen LogP contribution < -0.4 is 5.73 Å². The van der Waals surface area contributed by atoms with Crippen molar-refractivity contribution in [1.82, 2.24) is 0 Å². The summed E-state index contributed by atoms with van der Waals surface area (Å²) in [6.45, 7) is 3.48. The molecular weight excluding hydrogens is 1240 g/mol. The molecule has 0 bridgehead atoms. The number of phosphoric ester groups is 1. The zero-order chi connectivity index (χ0) is 71.5. The van der Waals surface area contributed by atoms with E-state index in [0.717, 1.165) is 141 Å². The molecule has 0 saturated heterocycles. The van der Waals surface area contributed by atoms with E-state index in [2.05, 4.69) is 208 Å². The molecule has 0 rings (SSSR count). The molecule has 0 spiro atoms. The number of esters is 2. The van der Waals surface area contributed by atoms with Crippen LogP contribution in [0.25, 0.3) is 0 Å². The molecular formula is C89H146NO8P. The topological polar surface area (TPSA) is 134 Å². The smallest absolute Gasteiger partial charge is 0.462 e. The molecule has 0 fully saturated rings. The SMILES string of the molecule is CC/C=C\C/C=C\C/C=C\C/C=C\C/C=C\C/C=C\C/C=C\C/C=C\C/C=C\C/C=C\C/C=C\CCCCCC(=O)OC(COC(=O)CCCCCCCCCCCCCCCCCCCCCCCCCCC/C=C\C/C=C\C/C=C\C/C=C\C/C=C\CC)COP(=O)(O)OCCN. The molecule has 0 aromatic heterocycles. The van der Waals surface area contributed by atoms with E-state index < -0.39 is 32.5 Å². The second-order valence-corrected chi connectivity index (χ2v) is 27.3. The highest BCUT2D eigenvalue weighted by molar-refractivity contribution is 7.47. The van der Waals surface area contributed by atoms with Crippen LogP contribution in [-0.2, 0) is 32.7 Å². The van der Waals surface area contributed by atoms with Gasteiger partial charge in [-0.1, -0.05) is 362 Å². The van der Waals surface area contributed by atoms with Crippen molar-refractivity contribution in [2.45, 2.75) is 328 Å². The maximum atomic E-state index is 12.8. The van der Waals surface area contributed by atoms with Crippen molar-refractivity contribution in [3.8, 4) is 0 Å². The molecule has 0 aliphatic rings. The van der Waals surface area contributed by atoms with E-state index in [1.807, 2.05) is 0 Å². The van der Waals surface area contributed by atoms with Crippen LogP contribution in [0.1, 0.15) is 322 Å². The molecule has 99 heavy (non-hydrogen) atoms. The lowest BCUT2D eigenvalue weighted by Gasteiger charge is -2.19. The molecule has 0 aliphatic carbocycles. The van der Waals surface area contributed by atoms with Crippen molar-refractivity contribution in [2.24, 2.45) is 5.73 Å². The minimum Gasteiger partial charge on any atom is -0.462 e. The molecule has 0 radical (unpaired) electrons. The number of carbonyl (C=O) groups is 2. The first-order valence-corrected chi connectivity index (χ1v) is 41.4. The van der Waals surface area contributed by atoms with Crippen LogP contribution in [0.15, 0.2) is 194 Å². The van der Waals surface area contributed by atoms with Gasteiger partial charge in [0.2, 0.25) is 0 Å². The Kier molecular flexibility index (Phi) is 77.6. The van der Waals surface area contributed by atoms with Gasteiger partial charge in [0.25, 0.3) is 0 Å². The fourth-order valence-corrected chi connectivity index (χ4v) is 11.4. The van der Waals surface area contributed by atoms with Crippen LogP contribution >= 0.6 is 7.82 Å². The number of phosphoric acid groups is 1. The van der Waals surface area contributed by atoms with E-state index in [0.29, 0.717) is 6.42 Å². The zero-order valence-electron chi connectivity index (χ0n) is 63.2. The summed E-state index contributed by atoms with van der Waals surface area (Å²) in [7, 11) is -4.42. The lowest BCUT2D eigenvalue weighted by molar-refractivity contribution is -0.161. The lowest BCUT2D eigenvalue weighted by atomic mass is 10.0. The molecule has 2 atom stereocenters. The third-order valence-corrected chi connectivity index (χ3v) is 17.5. The highest BCUT2D eigenvalue weighted by atomic mass is 31.2. The molecule has 9 nitrogen and oxygen atoms in total. The molecule has 3 N–H and O–H groups in total. The number of ether oxygens (including phenoxy) is 2. The van der Waals surface area contributed by atoms with E-state index >= 15 is 0 Å². The number of carbonyl (C=O) groups excluding carboxylic acids is 2. The molecule has 0 amide bonds. The van der Waals surface area contributed by atoms with Gasteiger partial charge in [-0.2, -0.15) is 0 Å². The normalized spacial score (nSPS) is 13.9. The van der Waals surface area contributed by atoms with Gasteiger partial charge >= 0.3 is 19.8 Å². The highest BCUT2D eigenvalue weighted by Crippen LogP contribution is 2.43. The van der Waals surface area contributed by atoms with Gasteiger partial charge in [0.15, 0.2) is 6.10 Å². The van der Waals surface area contributed by atoms with Gasteiger partial charge in [-0.3, -0.25) is 18.6 Å². The summed E-state index contributed by atoms with van der Waals surface area (Å²) in [5, 5.41) is 0. The molecule has 2 unspecified atom stereocenters. The molecule has 0 saturated carbocycles. The summed E-state index contributed by atoms with van der Waals surface area (Å²) in [6, 6.07) is 0. The third-order valence-electron chi connectivity index (χ3n) is 16.5. The van der Waals surface area contributed by atoms with E-state index in [9.17, 15) is 19.0 Å². The number of unbranched alkanes of at least 4 members (excludes halogenated alkanes) is 28. The fraction of sp³-hybridized carbons (Fsp3) is 0.618. The van der Waals surface area contributed by atoms with Crippen LogP contribution in [0.3, 0.4) is 0 Å². The largest absolute Gasteiger partial charge is 0.472 e. The van der Waals surface area contributed by atoms with Gasteiger partial charge in [-0.25, -0.2) is 4.57 Å². The Labute approximate surface area is 608 Å². The highest BCUT2D eigenvalue weighted by Gasteiger charge is 2.26. The molecule has 0 heterocycles. The maximum Gasteiger partial charge on any atom is 0.472 e. The van der Waals surface area contributed by atoms with Crippen LogP contribution in [0, 0.1) is 0 Å². The van der Waals surface area contributed by atoms with Gasteiger partial charge in [0.05, 0.1) is 13.2 Å². The first kappa shape index (κ1) is 93.8. The minimum atomic E-state index is -4.42. The van der Waals surface area contributed by atoms with E-state index in [1.165, 1.54) is 148 Å². The molecule has 0 aromatic rings. The van der Waals surface area contributed by atoms with Crippen molar-refractivity contribution >= 4 is 19.8 Å². The van der Waals surface area contributed by atoms with Gasteiger partial charge in [0, 0.05) is 19.4 Å². The zero-order valence-corrected chi connectivity index (χ0v) is 64.0. The Morgan fingerprint density at radius 3 is 0.788 bits per heavy atom. The average Bonchev–Trinajstić information content (AvgIpc) is 1.64. The van der Waals surface area contributed by atoms with Crippen LogP contribution in [0.2, 0.25) is 0 Å². The molecule has 10 heteroatoms. The Morgan fingerprint density at radius 1 is 0.303 bits per heavy atom. The third kappa shape index (κ3) is 81.7. The summed E-state index contributed by atoms with van der Waals surface area (Å²) in [5.41, 5.74) is 5.41. The van der Waals surface area contributed by atoms with Gasteiger partial charge in [-0.05, 0) is 141 Å². The average molecular weight is 1390 g/mol. The van der Waals surface area contributed by atoms with Gasteiger partial charge in [0.1, 0.15) is 6.61 Å². The maximum absolute atomic E-state index is 12.8. The second-order valence-electron chi connectivity index (χ2n) is 25.8. The van der Waals surface area contributed by atoms with Crippen molar-refractivity contribution < 1.29 is 37.6 Å². The van der Waals surface area contributed by atoms with Crippen LogP contribution in [0.5, 0.6) is 0 Å². The van der Waals surface area contributed by atoms with Crippen molar-refractivity contribution in [2.75, 3.05) is 26.4 Å². The quantitative estimate of drug-likeness (QED) is 0.0264. The summed E-state index contributed by atoms with van der Waals surface area (Å²) in [6.07, 6.45) is 124. The molecule has 560 valence electrons. The number of hydrogen-bond acceptors (Lipinski definition) is 8. The Bertz CT molecular complexity index is 2340. The Morgan fingerprint density at radius 2 is 0.525 bits per heavy atom. The first-order chi connectivity index (χ1) is 48.8. The summed E-state index contributed by atoms with van der Waals surface area (Å²) >= 11 is 0. The Hall–Kier alpha value is -5.15. The first-order valence-electron chi connectivity index (χ1n) is 39.9. The van der Waals surface area contributed by atoms with Gasteiger partial charge in [-0.15, -0.1) is 0 Å². The summed E-state index contributed by atoms with van der Waals surface area (Å²) < 4.78 is 33.2. The second kappa shape index (κ2) is 81.8. The van der Waals surface area contributed by atoms with Crippen LogP contribution in [0.4, 0.5) is 0 Å². The lowest BCUT2D eigenvalue weighted by Crippen LogP contribution is -2.29. The summed E-state index contributed by atoms with van der Waals surface area (Å²) in [4.78, 5) is 35.4. The predicted molar refractivity (Wildman–Crippen MR) is 431 cm³/mol. The fourth-order valence-electron chi connectivity index (χ4n) is 10.7.